The zero-order valence-electron chi connectivity index (χ0n) is 21.0. The molecule has 0 fully saturated rings. The molecule has 0 bridgehead atoms. The Morgan fingerprint density at radius 1 is 0.800 bits per heavy atom. The number of carbonyl (C=O) groups is 1. The minimum absolute atomic E-state index is 0.0238. The Morgan fingerprint density at radius 2 is 1.45 bits per heavy atom. The highest BCUT2D eigenvalue weighted by Gasteiger charge is 2.39. The number of rotatable bonds is 5. The van der Waals surface area contributed by atoms with E-state index in [0.29, 0.717) is 48.7 Å². The van der Waals surface area contributed by atoms with E-state index >= 15 is 0 Å². The molecule has 0 saturated heterocycles. The van der Waals surface area contributed by atoms with Crippen LogP contribution in [0.3, 0.4) is 0 Å². The first-order valence-electron chi connectivity index (χ1n) is 12.5. The maximum Gasteiger partial charge on any atom is 0.416 e. The zero-order chi connectivity index (χ0) is 28.5. The number of nitrogens with zero attached hydrogens (tertiary/aromatic N) is 2. The molecule has 3 aromatic carbocycles. The van der Waals surface area contributed by atoms with Gasteiger partial charge in [0.1, 0.15) is 12.4 Å². The van der Waals surface area contributed by atoms with E-state index in [1.54, 1.807) is 36.4 Å². The topological polar surface area (TPSA) is 34.5 Å². The molecule has 1 amide bonds. The third kappa shape index (κ3) is 5.85. The van der Waals surface area contributed by atoms with Crippen LogP contribution in [0.25, 0.3) is 0 Å². The van der Waals surface area contributed by atoms with E-state index in [9.17, 15) is 31.1 Å². The lowest BCUT2D eigenvalue weighted by atomic mass is 9.99. The highest BCUT2D eigenvalue weighted by Crippen LogP contribution is 2.38. The molecular weight excluding hydrogens is 534 g/mol. The van der Waals surface area contributed by atoms with Gasteiger partial charge in [0.2, 0.25) is 0 Å². The van der Waals surface area contributed by atoms with Crippen LogP contribution in [-0.2, 0) is 25.5 Å². The number of halogens is 6. The molecule has 208 valence electrons. The van der Waals surface area contributed by atoms with Gasteiger partial charge in [-0.1, -0.05) is 42.5 Å². The van der Waals surface area contributed by atoms with Gasteiger partial charge in [-0.05, 0) is 60.0 Å². The Balaban J connectivity index is 1.50. The molecule has 1 aliphatic rings. The van der Waals surface area contributed by atoms with Gasteiger partial charge in [0.25, 0.3) is 5.91 Å². The largest absolute Gasteiger partial charge is 0.489 e. The number of ether oxygens (including phenoxy) is 1. The van der Waals surface area contributed by atoms with E-state index in [1.807, 2.05) is 41.1 Å². The summed E-state index contributed by atoms with van der Waals surface area (Å²) in [6.45, 7) is 1.01. The van der Waals surface area contributed by atoms with Crippen molar-refractivity contribution in [2.75, 3.05) is 6.54 Å². The molecule has 0 spiro atoms. The van der Waals surface area contributed by atoms with Gasteiger partial charge in [-0.25, -0.2) is 0 Å². The Morgan fingerprint density at radius 3 is 2.08 bits per heavy atom. The molecule has 0 radical (unpaired) electrons. The maximum absolute atomic E-state index is 13.7. The standard InChI is InChI=1S/C30H24F6N2O2/c31-29(32,33)23-16-22(17-24(18-23)30(34,35)36)28(39)38-15-5-14-37-13-4-8-26(37)27(38)21-9-11-25(12-10-21)40-19-20-6-2-1-3-7-20/h1-4,6-13,16-18,27H,5,14-15,19H2. The lowest BCUT2D eigenvalue weighted by molar-refractivity contribution is -0.143. The Bertz CT molecular complexity index is 1440. The Labute approximate surface area is 226 Å². The molecule has 1 unspecified atom stereocenters. The highest BCUT2D eigenvalue weighted by atomic mass is 19.4. The number of benzene rings is 3. The third-order valence-corrected chi connectivity index (χ3v) is 6.79. The van der Waals surface area contributed by atoms with Crippen molar-refractivity contribution in [3.05, 3.63) is 125 Å². The average Bonchev–Trinajstić information content (AvgIpc) is 3.31. The first-order valence-corrected chi connectivity index (χ1v) is 12.5. The van der Waals surface area contributed by atoms with Crippen LogP contribution >= 0.6 is 0 Å². The van der Waals surface area contributed by atoms with Crippen molar-refractivity contribution >= 4 is 5.91 Å². The van der Waals surface area contributed by atoms with E-state index in [1.165, 1.54) is 4.90 Å². The average molecular weight is 559 g/mol. The van der Waals surface area contributed by atoms with Gasteiger partial charge in [-0.2, -0.15) is 26.3 Å². The summed E-state index contributed by atoms with van der Waals surface area (Å²) in [5.41, 5.74) is -1.41. The normalized spacial score (nSPS) is 15.8. The number of hydrogen-bond acceptors (Lipinski definition) is 2. The van der Waals surface area contributed by atoms with Crippen LogP contribution in [0, 0.1) is 0 Å². The predicted octanol–water partition coefficient (Wildman–Crippen LogP) is 7.74. The van der Waals surface area contributed by atoms with Crippen molar-refractivity contribution in [1.29, 1.82) is 0 Å². The second-order valence-corrected chi connectivity index (χ2v) is 9.52. The summed E-state index contributed by atoms with van der Waals surface area (Å²) in [6.07, 6.45) is -7.82. The van der Waals surface area contributed by atoms with Gasteiger partial charge in [-0.3, -0.25) is 4.79 Å². The number of amides is 1. The number of alkyl halides is 6. The molecule has 4 aromatic rings. The maximum atomic E-state index is 13.7. The van der Waals surface area contributed by atoms with Crippen molar-refractivity contribution in [2.24, 2.45) is 0 Å². The fourth-order valence-corrected chi connectivity index (χ4v) is 4.88. The fraction of sp³-hybridized carbons (Fsp3) is 0.233. The Kier molecular flexibility index (Phi) is 7.35. The van der Waals surface area contributed by atoms with Gasteiger partial charge in [0.15, 0.2) is 0 Å². The number of aryl methyl sites for hydroxylation is 1. The first kappa shape index (κ1) is 27.4. The van der Waals surface area contributed by atoms with Crippen LogP contribution in [-0.4, -0.2) is 21.9 Å². The molecule has 1 aromatic heterocycles. The molecule has 0 N–H and O–H groups in total. The van der Waals surface area contributed by atoms with Gasteiger partial charge in [-0.15, -0.1) is 0 Å². The van der Waals surface area contributed by atoms with E-state index in [4.69, 9.17) is 4.74 Å². The second-order valence-electron chi connectivity index (χ2n) is 9.52. The molecule has 0 aliphatic carbocycles. The molecule has 0 saturated carbocycles. The van der Waals surface area contributed by atoms with Crippen molar-refractivity contribution in [2.45, 2.75) is 38.0 Å². The molecule has 1 aliphatic heterocycles. The first-order chi connectivity index (χ1) is 19.0. The summed E-state index contributed by atoms with van der Waals surface area (Å²) in [4.78, 5) is 15.1. The summed E-state index contributed by atoms with van der Waals surface area (Å²) < 4.78 is 88.8. The van der Waals surface area contributed by atoms with E-state index in [-0.39, 0.29) is 12.6 Å². The van der Waals surface area contributed by atoms with Crippen LogP contribution in [0.4, 0.5) is 26.3 Å². The molecule has 5 rings (SSSR count). The van der Waals surface area contributed by atoms with E-state index in [0.717, 1.165) is 5.56 Å². The second kappa shape index (κ2) is 10.7. The molecular formula is C30H24F6N2O2. The summed E-state index contributed by atoms with van der Waals surface area (Å²) in [6, 6.07) is 20.3. The SMILES string of the molecule is O=C(c1cc(C(F)(F)F)cc(C(F)(F)F)c1)N1CCCn2cccc2C1c1ccc(OCc2ccccc2)cc1. The monoisotopic (exact) mass is 558 g/mol. The quantitative estimate of drug-likeness (QED) is 0.235. The lowest BCUT2D eigenvalue weighted by Gasteiger charge is -2.31. The third-order valence-electron chi connectivity index (χ3n) is 6.79. The smallest absolute Gasteiger partial charge is 0.416 e. The molecule has 40 heavy (non-hydrogen) atoms. The van der Waals surface area contributed by atoms with Crippen molar-refractivity contribution < 1.29 is 35.9 Å². The number of fused-ring (bicyclic) bond motifs is 1. The van der Waals surface area contributed by atoms with Gasteiger partial charge >= 0.3 is 12.4 Å². The molecule has 4 nitrogen and oxygen atoms in total. The fourth-order valence-electron chi connectivity index (χ4n) is 4.88. The van der Waals surface area contributed by atoms with E-state index in [2.05, 4.69) is 0 Å². The molecule has 2 heterocycles. The number of carbonyl (C=O) groups excluding carboxylic acids is 1. The minimum Gasteiger partial charge on any atom is -0.489 e. The lowest BCUT2D eigenvalue weighted by Crippen LogP contribution is -2.36. The predicted molar refractivity (Wildman–Crippen MR) is 136 cm³/mol. The Hall–Kier alpha value is -4.21. The van der Waals surface area contributed by atoms with Crippen molar-refractivity contribution in [3.8, 4) is 5.75 Å². The minimum atomic E-state index is -5.06. The van der Waals surface area contributed by atoms with Crippen LogP contribution < -0.4 is 4.74 Å². The molecule has 1 atom stereocenters. The van der Waals surface area contributed by atoms with Crippen LogP contribution in [0.5, 0.6) is 5.75 Å². The van der Waals surface area contributed by atoms with Crippen LogP contribution in [0.1, 0.15) is 50.8 Å². The van der Waals surface area contributed by atoms with Crippen LogP contribution in [0.2, 0.25) is 0 Å². The van der Waals surface area contributed by atoms with Gasteiger partial charge < -0.3 is 14.2 Å². The van der Waals surface area contributed by atoms with Gasteiger partial charge in [0.05, 0.1) is 17.2 Å². The van der Waals surface area contributed by atoms with E-state index < -0.39 is 41.0 Å². The zero-order valence-corrected chi connectivity index (χ0v) is 21.0. The summed E-state index contributed by atoms with van der Waals surface area (Å²) in [5.74, 6) is -0.345. The summed E-state index contributed by atoms with van der Waals surface area (Å²) in [5, 5.41) is 0. The summed E-state index contributed by atoms with van der Waals surface area (Å²) in [7, 11) is 0. The van der Waals surface area contributed by atoms with Crippen LogP contribution in [0.15, 0.2) is 91.1 Å². The van der Waals surface area contributed by atoms with Crippen molar-refractivity contribution in [3.63, 3.8) is 0 Å². The number of aromatic nitrogens is 1. The molecule has 10 heteroatoms. The van der Waals surface area contributed by atoms with Crippen molar-refractivity contribution in [1.82, 2.24) is 9.47 Å². The van der Waals surface area contributed by atoms with Gasteiger partial charge in [0, 0.05) is 30.5 Å². The summed E-state index contributed by atoms with van der Waals surface area (Å²) >= 11 is 0. The number of hydrogen-bond donors (Lipinski definition) is 0. The highest BCUT2D eigenvalue weighted by molar-refractivity contribution is 5.95.